The highest BCUT2D eigenvalue weighted by atomic mass is 15.6. The Morgan fingerprint density at radius 2 is 2.50 bits per heavy atom. The number of hydrazine groups is 2. The first kappa shape index (κ1) is 3.30. The van der Waals surface area contributed by atoms with Gasteiger partial charge in [-0.1, -0.05) is 0 Å². The van der Waals surface area contributed by atoms with E-state index in [2.05, 4.69) is 16.4 Å². The van der Waals surface area contributed by atoms with E-state index < -0.39 is 0 Å². The van der Waals surface area contributed by atoms with Crippen molar-refractivity contribution in [3.63, 3.8) is 0 Å². The lowest BCUT2D eigenvalue weighted by molar-refractivity contribution is 0.597. The van der Waals surface area contributed by atoms with E-state index in [9.17, 15) is 0 Å². The second-order valence-corrected chi connectivity index (χ2v) is 0.994. The molecule has 0 bridgehead atoms. The lowest BCUT2D eigenvalue weighted by Crippen LogP contribution is -2.33. The standard InChI is InChI=1S/C2H6N4/c3-2-1-4-6-5-2/h1,4-6H,3H2. The van der Waals surface area contributed by atoms with E-state index in [1.54, 1.807) is 6.20 Å². The molecule has 0 atom stereocenters. The third-order valence-electron chi connectivity index (χ3n) is 0.507. The molecule has 0 aliphatic carbocycles. The molecule has 0 unspecified atom stereocenters. The summed E-state index contributed by atoms with van der Waals surface area (Å²) in [6, 6.07) is 0. The monoisotopic (exact) mass is 86.1 g/mol. The van der Waals surface area contributed by atoms with E-state index in [-0.39, 0.29) is 0 Å². The van der Waals surface area contributed by atoms with Crippen molar-refractivity contribution in [2.45, 2.75) is 0 Å². The molecule has 0 spiro atoms. The third-order valence-corrected chi connectivity index (χ3v) is 0.507. The van der Waals surface area contributed by atoms with E-state index >= 15 is 0 Å². The van der Waals surface area contributed by atoms with Crippen molar-refractivity contribution in [1.29, 1.82) is 0 Å². The van der Waals surface area contributed by atoms with Gasteiger partial charge in [0, 0.05) is 0 Å². The summed E-state index contributed by atoms with van der Waals surface area (Å²) in [4.78, 5) is 0. The molecule has 6 heavy (non-hydrogen) atoms. The van der Waals surface area contributed by atoms with Crippen LogP contribution < -0.4 is 22.1 Å². The number of rotatable bonds is 0. The van der Waals surface area contributed by atoms with Crippen molar-refractivity contribution in [3.05, 3.63) is 12.0 Å². The van der Waals surface area contributed by atoms with Crippen molar-refractivity contribution in [1.82, 2.24) is 16.4 Å². The highest BCUT2D eigenvalue weighted by Crippen LogP contribution is 1.70. The largest absolute Gasteiger partial charge is 0.383 e. The Hall–Kier alpha value is -0.900. The molecule has 34 valence electrons. The maximum absolute atomic E-state index is 5.16. The predicted octanol–water partition coefficient (Wildman–Crippen LogP) is -1.64. The van der Waals surface area contributed by atoms with Gasteiger partial charge in [-0.05, 0) is 0 Å². The zero-order valence-electron chi connectivity index (χ0n) is 3.15. The van der Waals surface area contributed by atoms with Crippen molar-refractivity contribution >= 4 is 0 Å². The lowest BCUT2D eigenvalue weighted by atomic mass is 10.8. The van der Waals surface area contributed by atoms with Crippen molar-refractivity contribution < 1.29 is 0 Å². The van der Waals surface area contributed by atoms with Gasteiger partial charge in [-0.3, -0.25) is 5.43 Å². The van der Waals surface area contributed by atoms with Crippen molar-refractivity contribution in [2.24, 2.45) is 5.73 Å². The maximum atomic E-state index is 5.16. The van der Waals surface area contributed by atoms with Crippen LogP contribution in [0.2, 0.25) is 0 Å². The Balaban J connectivity index is 2.45. The smallest absolute Gasteiger partial charge is 0.130 e. The molecule has 0 aromatic carbocycles. The quantitative estimate of drug-likeness (QED) is 0.285. The fourth-order valence-electron chi connectivity index (χ4n) is 0.258. The van der Waals surface area contributed by atoms with Gasteiger partial charge in [-0.25, -0.2) is 0 Å². The molecule has 0 aromatic rings. The molecule has 1 aliphatic heterocycles. The highest BCUT2D eigenvalue weighted by Gasteiger charge is 1.89. The molecular weight excluding hydrogens is 80.0 g/mol. The van der Waals surface area contributed by atoms with E-state index in [0.717, 1.165) is 0 Å². The van der Waals surface area contributed by atoms with Gasteiger partial charge in [0.25, 0.3) is 0 Å². The zero-order valence-corrected chi connectivity index (χ0v) is 3.15. The molecule has 0 aromatic heterocycles. The average Bonchev–Trinajstić information content (AvgIpc) is 1.86. The first-order chi connectivity index (χ1) is 2.89. The Labute approximate surface area is 35.3 Å². The minimum absolute atomic E-state index is 0.606. The fraction of sp³-hybridized carbons (Fsp3) is 0. The Morgan fingerprint density at radius 3 is 2.67 bits per heavy atom. The molecule has 1 aliphatic rings. The van der Waals surface area contributed by atoms with E-state index in [1.807, 2.05) is 0 Å². The second-order valence-electron chi connectivity index (χ2n) is 0.994. The lowest BCUT2D eigenvalue weighted by Gasteiger charge is -1.90. The summed E-state index contributed by atoms with van der Waals surface area (Å²) >= 11 is 0. The number of nitrogens with one attached hydrogen (secondary N) is 3. The Kier molecular flexibility index (Phi) is 0.582. The molecule has 0 fully saturated rings. The van der Waals surface area contributed by atoms with Crippen molar-refractivity contribution in [3.8, 4) is 0 Å². The zero-order chi connectivity index (χ0) is 4.41. The van der Waals surface area contributed by atoms with E-state index in [0.29, 0.717) is 5.82 Å². The van der Waals surface area contributed by atoms with Gasteiger partial charge in [0.2, 0.25) is 0 Å². The van der Waals surface area contributed by atoms with Gasteiger partial charge in [-0.15, -0.1) is 5.53 Å². The molecule has 0 radical (unpaired) electrons. The van der Waals surface area contributed by atoms with E-state index in [4.69, 9.17) is 5.73 Å². The van der Waals surface area contributed by atoms with Crippen LogP contribution in [-0.2, 0) is 0 Å². The molecule has 0 saturated heterocycles. The number of nitrogens with two attached hydrogens (primary N) is 1. The molecule has 5 N–H and O–H groups in total. The number of hydrogen-bond donors (Lipinski definition) is 4. The maximum Gasteiger partial charge on any atom is 0.130 e. The van der Waals surface area contributed by atoms with Crippen LogP contribution in [0.5, 0.6) is 0 Å². The fourth-order valence-corrected chi connectivity index (χ4v) is 0.258. The Bertz CT molecular complexity index is 75.6. The minimum Gasteiger partial charge on any atom is -0.383 e. The van der Waals surface area contributed by atoms with Gasteiger partial charge >= 0.3 is 0 Å². The van der Waals surface area contributed by atoms with Gasteiger partial charge in [0.1, 0.15) is 5.82 Å². The van der Waals surface area contributed by atoms with Gasteiger partial charge in [0.15, 0.2) is 0 Å². The summed E-state index contributed by atoms with van der Waals surface area (Å²) in [5.74, 6) is 0.606. The highest BCUT2D eigenvalue weighted by molar-refractivity contribution is 4.93. The molecular formula is C2H6N4. The normalized spacial score (nSPS) is 18.3. The van der Waals surface area contributed by atoms with Crippen LogP contribution in [0, 0.1) is 0 Å². The molecule has 4 heteroatoms. The Morgan fingerprint density at radius 1 is 1.67 bits per heavy atom. The molecule has 1 heterocycles. The SMILES string of the molecule is NC1=CNNN1. The van der Waals surface area contributed by atoms with E-state index in [1.165, 1.54) is 0 Å². The van der Waals surface area contributed by atoms with Gasteiger partial charge < -0.3 is 11.2 Å². The summed E-state index contributed by atoms with van der Waals surface area (Å²) in [5.41, 5.74) is 12.9. The first-order valence-corrected chi connectivity index (χ1v) is 1.62. The van der Waals surface area contributed by atoms with Crippen LogP contribution in [0.15, 0.2) is 12.0 Å². The molecule has 1 rings (SSSR count). The van der Waals surface area contributed by atoms with Crippen LogP contribution in [0.25, 0.3) is 0 Å². The van der Waals surface area contributed by atoms with Crippen LogP contribution in [0.4, 0.5) is 0 Å². The second kappa shape index (κ2) is 1.06. The average molecular weight is 86.1 g/mol. The molecule has 0 amide bonds. The van der Waals surface area contributed by atoms with Crippen LogP contribution >= 0.6 is 0 Å². The molecule has 4 nitrogen and oxygen atoms in total. The molecule has 0 saturated carbocycles. The number of hydrogen-bond acceptors (Lipinski definition) is 4. The topological polar surface area (TPSA) is 62.1 Å². The summed E-state index contributed by atoms with van der Waals surface area (Å²) in [5, 5.41) is 0. The third kappa shape index (κ3) is 0.367. The summed E-state index contributed by atoms with van der Waals surface area (Å²) in [6.45, 7) is 0. The summed E-state index contributed by atoms with van der Waals surface area (Å²) < 4.78 is 0. The summed E-state index contributed by atoms with van der Waals surface area (Å²) in [7, 11) is 0. The van der Waals surface area contributed by atoms with Gasteiger partial charge in [0.05, 0.1) is 6.20 Å². The van der Waals surface area contributed by atoms with Crippen LogP contribution in [0.3, 0.4) is 0 Å². The van der Waals surface area contributed by atoms with Crippen molar-refractivity contribution in [2.75, 3.05) is 0 Å². The van der Waals surface area contributed by atoms with Crippen LogP contribution in [-0.4, -0.2) is 0 Å². The van der Waals surface area contributed by atoms with Crippen LogP contribution in [0.1, 0.15) is 0 Å². The summed E-state index contributed by atoms with van der Waals surface area (Å²) in [6.07, 6.45) is 1.62. The first-order valence-electron chi connectivity index (χ1n) is 1.62. The van der Waals surface area contributed by atoms with Gasteiger partial charge in [-0.2, -0.15) is 0 Å². The minimum atomic E-state index is 0.606. The predicted molar refractivity (Wildman–Crippen MR) is 21.7 cm³/mol.